The number of carbonyl (C=O) groups is 2. The molecule has 4 rings (SSSR count). The Hall–Kier alpha value is -4.71. The summed E-state index contributed by atoms with van der Waals surface area (Å²) in [5.74, 6) is -5.84. The van der Waals surface area contributed by atoms with Crippen molar-refractivity contribution in [1.82, 2.24) is 0 Å². The maximum Gasteiger partial charge on any atom is 1.00 e. The third-order valence-corrected chi connectivity index (χ3v) is 6.60. The Labute approximate surface area is 273 Å². The third-order valence-electron chi connectivity index (χ3n) is 5.72. The molecule has 4 aromatic rings. The molecule has 7 N–H and O–H groups in total. The molecule has 12 nitrogen and oxygen atoms in total. The summed E-state index contributed by atoms with van der Waals surface area (Å²) < 4.78 is 22.3. The molecule has 0 unspecified atom stereocenters. The molecule has 0 atom stereocenters. The minimum atomic E-state index is -5.09. The fraction of sp³-hybridized carbons (Fsp3) is 0. The van der Waals surface area contributed by atoms with Gasteiger partial charge in [-0.15, -0.1) is 0 Å². The summed E-state index contributed by atoms with van der Waals surface area (Å²) in [6.07, 6.45) is 4.85. The van der Waals surface area contributed by atoms with Gasteiger partial charge in [0.25, 0.3) is 0 Å². The van der Waals surface area contributed by atoms with Gasteiger partial charge >= 0.3 is 37.4 Å². The monoisotopic (exact) mass is 630 g/mol. The minimum absolute atomic E-state index is 0. The average molecular weight is 630 g/mol. The van der Waals surface area contributed by atoms with Gasteiger partial charge in [-0.3, -0.25) is 14.5 Å². The van der Waals surface area contributed by atoms with Crippen LogP contribution in [0.2, 0.25) is 0 Å². The predicted molar refractivity (Wildman–Crippen MR) is 155 cm³/mol. The van der Waals surface area contributed by atoms with Gasteiger partial charge in [0.2, 0.25) is 0 Å². The number of phenols is 6. The second-order valence-corrected chi connectivity index (χ2v) is 10.2. The van der Waals surface area contributed by atoms with Gasteiger partial charge in [0.05, 0.1) is 0 Å². The Morgan fingerprint density at radius 1 is 0.591 bits per heavy atom. The number of hydrogen-bond acceptors (Lipinski definition) is 11. The van der Waals surface area contributed by atoms with E-state index in [1.54, 1.807) is 0 Å². The van der Waals surface area contributed by atoms with Crippen molar-refractivity contribution in [3.63, 3.8) is 0 Å². The molecule has 0 saturated carbocycles. The largest absolute Gasteiger partial charge is 1.00 e. The van der Waals surface area contributed by atoms with E-state index in [0.717, 1.165) is 36.4 Å². The molecule has 0 bridgehead atoms. The molecule has 0 aliphatic rings. The summed E-state index contributed by atoms with van der Waals surface area (Å²) in [6, 6.07) is 14.8. The van der Waals surface area contributed by atoms with Crippen LogP contribution in [-0.2, 0) is 4.57 Å². The number of phosphoric acid groups is 1. The van der Waals surface area contributed by atoms with E-state index in [4.69, 9.17) is 9.05 Å². The van der Waals surface area contributed by atoms with Gasteiger partial charge in [-0.1, -0.05) is 36.4 Å². The van der Waals surface area contributed by atoms with Crippen LogP contribution in [0.3, 0.4) is 0 Å². The molecule has 0 aromatic heterocycles. The molecule has 0 amide bonds. The van der Waals surface area contributed by atoms with E-state index in [1.807, 2.05) is 0 Å². The zero-order chi connectivity index (χ0) is 31.3. The van der Waals surface area contributed by atoms with E-state index in [9.17, 15) is 49.7 Å². The first-order valence-corrected chi connectivity index (χ1v) is 13.7. The number of allylic oxidation sites excluding steroid dienone is 2. The fourth-order valence-electron chi connectivity index (χ4n) is 3.75. The van der Waals surface area contributed by atoms with Crippen molar-refractivity contribution >= 4 is 31.5 Å². The molecule has 222 valence electrons. The van der Waals surface area contributed by atoms with Gasteiger partial charge in [-0.25, -0.2) is 4.57 Å². The molecule has 44 heavy (non-hydrogen) atoms. The summed E-state index contributed by atoms with van der Waals surface area (Å²) in [6.45, 7) is 0. The quantitative estimate of drug-likeness (QED) is 0.0583. The maximum absolute atomic E-state index is 12.6. The van der Waals surface area contributed by atoms with Crippen molar-refractivity contribution < 1.29 is 89.7 Å². The molecule has 4 aromatic carbocycles. The Kier molecular flexibility index (Phi) is 10.9. The van der Waals surface area contributed by atoms with E-state index < -0.39 is 65.0 Å². The molecule has 14 heteroatoms. The average Bonchev–Trinajstić information content (AvgIpc) is 2.91. The standard InChI is InChI=1S/C30H23O12P.Na.H/c31-19-7-1-17(2-8-19)5-11-23(33)29-25(35)13-21(14-26(29)36)41-43(39,40)42-22-15-27(37)30(28(38)16-22)24(34)12-6-18-3-9-20(32)10-4-18;;/h1-16,31-32,35-38H,(H,39,40);;/q;+1;-1/b11-5+,12-6+;;. The van der Waals surface area contributed by atoms with Crippen molar-refractivity contribution in [1.29, 1.82) is 0 Å². The predicted octanol–water partition coefficient (Wildman–Crippen LogP) is 2.39. The molecule has 0 aliphatic carbocycles. The molecular weight excluding hydrogens is 606 g/mol. The summed E-state index contributed by atoms with van der Waals surface area (Å²) >= 11 is 0. The maximum atomic E-state index is 12.6. The molecule has 0 saturated heterocycles. The van der Waals surface area contributed by atoms with Crippen LogP contribution in [0.1, 0.15) is 33.3 Å². The molecular formula is C30H24NaO12P. The smallest absolute Gasteiger partial charge is 1.00 e. The second kappa shape index (κ2) is 14.2. The first-order valence-electron chi connectivity index (χ1n) is 12.2. The van der Waals surface area contributed by atoms with Crippen molar-refractivity contribution in [2.75, 3.05) is 0 Å². The van der Waals surface area contributed by atoms with E-state index in [2.05, 4.69) is 0 Å². The van der Waals surface area contributed by atoms with Crippen LogP contribution >= 0.6 is 7.82 Å². The van der Waals surface area contributed by atoms with E-state index >= 15 is 0 Å². The van der Waals surface area contributed by atoms with Gasteiger partial charge in [0.1, 0.15) is 57.1 Å². The zero-order valence-corrected chi connectivity index (χ0v) is 25.8. The molecule has 0 radical (unpaired) electrons. The number of phenolic OH excluding ortho intramolecular Hbond substituents is 6. The topological polar surface area (TPSA) is 211 Å². The first-order chi connectivity index (χ1) is 20.3. The van der Waals surface area contributed by atoms with E-state index in [1.165, 1.54) is 60.7 Å². The fourth-order valence-corrected chi connectivity index (χ4v) is 4.53. The Morgan fingerprint density at radius 3 is 1.18 bits per heavy atom. The van der Waals surface area contributed by atoms with E-state index in [0.29, 0.717) is 11.1 Å². The summed E-state index contributed by atoms with van der Waals surface area (Å²) in [4.78, 5) is 35.2. The number of carbonyl (C=O) groups excluding carboxylic acids is 2. The van der Waals surface area contributed by atoms with Crippen LogP contribution in [0.25, 0.3) is 12.2 Å². The van der Waals surface area contributed by atoms with Crippen molar-refractivity contribution in [2.24, 2.45) is 0 Å². The van der Waals surface area contributed by atoms with Crippen LogP contribution in [-0.4, -0.2) is 47.1 Å². The minimum Gasteiger partial charge on any atom is -1.00 e. The normalized spacial score (nSPS) is 11.3. The van der Waals surface area contributed by atoms with Gasteiger partial charge in [-0.05, 0) is 47.5 Å². The van der Waals surface area contributed by atoms with Crippen LogP contribution in [0.5, 0.6) is 46.0 Å². The van der Waals surface area contributed by atoms with E-state index in [-0.39, 0.29) is 42.5 Å². The number of phosphoric ester groups is 1. The van der Waals surface area contributed by atoms with Gasteiger partial charge in [0, 0.05) is 24.3 Å². The van der Waals surface area contributed by atoms with Crippen LogP contribution in [0, 0.1) is 0 Å². The number of hydrogen-bond donors (Lipinski definition) is 7. The van der Waals surface area contributed by atoms with Crippen molar-refractivity contribution in [2.45, 2.75) is 0 Å². The van der Waals surface area contributed by atoms with Gasteiger partial charge in [-0.2, -0.15) is 0 Å². The second-order valence-electron chi connectivity index (χ2n) is 8.90. The van der Waals surface area contributed by atoms with Crippen molar-refractivity contribution in [3.05, 3.63) is 107 Å². The number of benzene rings is 4. The third kappa shape index (κ3) is 8.66. The number of aromatic hydroxyl groups is 6. The van der Waals surface area contributed by atoms with Gasteiger partial charge < -0.3 is 41.1 Å². The van der Waals surface area contributed by atoms with Crippen molar-refractivity contribution in [3.8, 4) is 46.0 Å². The molecule has 0 aliphatic heterocycles. The van der Waals surface area contributed by atoms with Gasteiger partial charge in [0.15, 0.2) is 11.6 Å². The van der Waals surface area contributed by atoms with Crippen LogP contribution in [0.15, 0.2) is 84.9 Å². The Morgan fingerprint density at radius 2 is 0.886 bits per heavy atom. The molecule has 0 spiro atoms. The summed E-state index contributed by atoms with van der Waals surface area (Å²) in [5.41, 5.74) is 0.0446. The number of rotatable bonds is 10. The Bertz CT molecular complexity index is 1630. The van der Waals surface area contributed by atoms with Crippen LogP contribution < -0.4 is 38.6 Å². The summed E-state index contributed by atoms with van der Waals surface area (Å²) in [5, 5.41) is 59.8. The molecule has 0 fully saturated rings. The number of ketones is 2. The Balaban J connectivity index is 0.00000353. The zero-order valence-electron chi connectivity index (χ0n) is 23.9. The molecule has 0 heterocycles. The summed E-state index contributed by atoms with van der Waals surface area (Å²) in [7, 11) is -5.09. The SMILES string of the molecule is O=C(/C=C/c1ccc(O)cc1)c1c(O)cc(OP(=O)(O)Oc2cc(O)c(C(=O)/C=C/c3ccc(O)cc3)c(O)c2)cc1O.[H-].[Na+]. The van der Waals surface area contributed by atoms with Crippen LogP contribution in [0.4, 0.5) is 0 Å². The first kappa shape index (κ1) is 33.8.